The van der Waals surface area contributed by atoms with Crippen molar-refractivity contribution >= 4 is 11.8 Å². The number of benzene rings is 2. The minimum Gasteiger partial charge on any atom is -0.350 e. The van der Waals surface area contributed by atoms with Gasteiger partial charge in [-0.25, -0.2) is 0 Å². The number of carbonyl (C=O) groups is 2. The van der Waals surface area contributed by atoms with E-state index < -0.39 is 0 Å². The quantitative estimate of drug-likeness (QED) is 0.909. The van der Waals surface area contributed by atoms with Gasteiger partial charge in [0.2, 0.25) is 11.8 Å². The van der Waals surface area contributed by atoms with E-state index >= 15 is 0 Å². The standard InChI is InChI=1S/C21H23N3O2/c25-20-14-23-15-21(26)24(12-17-9-5-2-6-10-17)13-19(23)18(22-20)11-16-7-3-1-4-8-16/h1-10,18-19H,11-15H2,(H,22,25)/t18-,19?/m0/s1. The molecule has 2 aromatic rings. The monoisotopic (exact) mass is 349 g/mol. The van der Waals surface area contributed by atoms with Crippen LogP contribution in [0.15, 0.2) is 60.7 Å². The maximum Gasteiger partial charge on any atom is 0.237 e. The summed E-state index contributed by atoms with van der Waals surface area (Å²) in [6, 6.07) is 20.4. The zero-order chi connectivity index (χ0) is 17.9. The van der Waals surface area contributed by atoms with E-state index in [1.165, 1.54) is 5.56 Å². The van der Waals surface area contributed by atoms with E-state index in [2.05, 4.69) is 17.4 Å². The van der Waals surface area contributed by atoms with Crippen molar-refractivity contribution in [1.82, 2.24) is 15.1 Å². The molecule has 5 heteroatoms. The number of hydrogen-bond acceptors (Lipinski definition) is 3. The molecule has 0 radical (unpaired) electrons. The van der Waals surface area contributed by atoms with Crippen LogP contribution in [-0.4, -0.2) is 53.3 Å². The van der Waals surface area contributed by atoms with Gasteiger partial charge in [0.25, 0.3) is 0 Å². The largest absolute Gasteiger partial charge is 0.350 e. The number of nitrogens with one attached hydrogen (secondary N) is 1. The van der Waals surface area contributed by atoms with Crippen LogP contribution in [0, 0.1) is 0 Å². The Balaban J connectivity index is 1.51. The molecule has 4 rings (SSSR count). The number of fused-ring (bicyclic) bond motifs is 1. The van der Waals surface area contributed by atoms with Crippen molar-refractivity contribution in [3.05, 3.63) is 71.8 Å². The molecular formula is C21H23N3O2. The molecule has 2 atom stereocenters. The van der Waals surface area contributed by atoms with Crippen molar-refractivity contribution in [3.63, 3.8) is 0 Å². The zero-order valence-corrected chi connectivity index (χ0v) is 14.7. The number of rotatable bonds is 4. The van der Waals surface area contributed by atoms with E-state index in [4.69, 9.17) is 0 Å². The van der Waals surface area contributed by atoms with E-state index in [0.717, 1.165) is 12.0 Å². The zero-order valence-electron chi connectivity index (χ0n) is 14.7. The van der Waals surface area contributed by atoms with Crippen LogP contribution in [0.2, 0.25) is 0 Å². The van der Waals surface area contributed by atoms with Crippen molar-refractivity contribution in [2.24, 2.45) is 0 Å². The summed E-state index contributed by atoms with van der Waals surface area (Å²) in [5, 5.41) is 3.14. The molecule has 0 saturated carbocycles. The Bertz CT molecular complexity index is 778. The topological polar surface area (TPSA) is 52.7 Å². The van der Waals surface area contributed by atoms with E-state index in [0.29, 0.717) is 26.2 Å². The number of nitrogens with zero attached hydrogens (tertiary/aromatic N) is 2. The van der Waals surface area contributed by atoms with Crippen LogP contribution in [-0.2, 0) is 22.6 Å². The van der Waals surface area contributed by atoms with Crippen molar-refractivity contribution < 1.29 is 9.59 Å². The molecule has 2 aliphatic heterocycles. The highest BCUT2D eigenvalue weighted by Gasteiger charge is 2.41. The van der Waals surface area contributed by atoms with Gasteiger partial charge >= 0.3 is 0 Å². The summed E-state index contributed by atoms with van der Waals surface area (Å²) in [6.07, 6.45) is 0.779. The van der Waals surface area contributed by atoms with Crippen molar-refractivity contribution in [2.75, 3.05) is 19.6 Å². The molecule has 26 heavy (non-hydrogen) atoms. The highest BCUT2D eigenvalue weighted by Crippen LogP contribution is 2.21. The lowest BCUT2D eigenvalue weighted by Crippen LogP contribution is -2.68. The van der Waals surface area contributed by atoms with Gasteiger partial charge in [-0.05, 0) is 17.5 Å². The van der Waals surface area contributed by atoms with E-state index in [9.17, 15) is 9.59 Å². The maximum atomic E-state index is 12.6. The van der Waals surface area contributed by atoms with E-state index in [1.807, 2.05) is 58.3 Å². The predicted molar refractivity (Wildman–Crippen MR) is 99.3 cm³/mol. The Morgan fingerprint density at radius 3 is 2.23 bits per heavy atom. The summed E-state index contributed by atoms with van der Waals surface area (Å²) in [5.74, 6) is 0.102. The SMILES string of the molecule is O=C1CN2CC(=O)N(Cc3ccccc3)CC2[C@H](Cc2ccccc2)N1. The van der Waals surface area contributed by atoms with Crippen LogP contribution >= 0.6 is 0 Å². The molecular weight excluding hydrogens is 326 g/mol. The molecule has 2 aromatic carbocycles. The summed E-state index contributed by atoms with van der Waals surface area (Å²) in [7, 11) is 0. The van der Waals surface area contributed by atoms with Gasteiger partial charge < -0.3 is 10.2 Å². The summed E-state index contributed by atoms with van der Waals surface area (Å²) in [5.41, 5.74) is 2.33. The highest BCUT2D eigenvalue weighted by molar-refractivity contribution is 5.83. The highest BCUT2D eigenvalue weighted by atomic mass is 16.2. The molecule has 2 aliphatic rings. The predicted octanol–water partition coefficient (Wildman–Crippen LogP) is 1.44. The molecule has 0 aromatic heterocycles. The number of piperazine rings is 2. The fraction of sp³-hybridized carbons (Fsp3) is 0.333. The Kier molecular flexibility index (Phi) is 4.71. The average Bonchev–Trinajstić information content (AvgIpc) is 2.64. The lowest BCUT2D eigenvalue weighted by atomic mass is 9.93. The Morgan fingerprint density at radius 2 is 1.54 bits per heavy atom. The fourth-order valence-electron chi connectivity index (χ4n) is 3.93. The van der Waals surface area contributed by atoms with Gasteiger partial charge in [0.05, 0.1) is 19.1 Å². The van der Waals surface area contributed by atoms with Gasteiger partial charge in [-0.1, -0.05) is 60.7 Å². The second-order valence-electron chi connectivity index (χ2n) is 7.10. The van der Waals surface area contributed by atoms with Crippen molar-refractivity contribution in [2.45, 2.75) is 25.0 Å². The first-order chi connectivity index (χ1) is 12.7. The third kappa shape index (κ3) is 3.63. The van der Waals surface area contributed by atoms with Crippen molar-refractivity contribution in [1.29, 1.82) is 0 Å². The van der Waals surface area contributed by atoms with Crippen LogP contribution < -0.4 is 5.32 Å². The first kappa shape index (κ1) is 16.8. The summed E-state index contributed by atoms with van der Waals surface area (Å²) < 4.78 is 0. The summed E-state index contributed by atoms with van der Waals surface area (Å²) >= 11 is 0. The number of amides is 2. The van der Waals surface area contributed by atoms with Crippen LogP contribution in [0.1, 0.15) is 11.1 Å². The molecule has 0 bridgehead atoms. The lowest BCUT2D eigenvalue weighted by Gasteiger charge is -2.47. The fourth-order valence-corrected chi connectivity index (χ4v) is 3.93. The van der Waals surface area contributed by atoms with Gasteiger partial charge in [-0.2, -0.15) is 0 Å². The second-order valence-corrected chi connectivity index (χ2v) is 7.10. The van der Waals surface area contributed by atoms with E-state index in [1.54, 1.807) is 0 Å². The van der Waals surface area contributed by atoms with E-state index in [-0.39, 0.29) is 23.9 Å². The molecule has 2 amide bonds. The van der Waals surface area contributed by atoms with Gasteiger partial charge in [0, 0.05) is 19.1 Å². The van der Waals surface area contributed by atoms with Gasteiger partial charge in [-0.3, -0.25) is 14.5 Å². The summed E-state index contributed by atoms with van der Waals surface area (Å²) in [6.45, 7) is 1.89. The molecule has 0 aliphatic carbocycles. The smallest absolute Gasteiger partial charge is 0.237 e. The van der Waals surface area contributed by atoms with Crippen LogP contribution in [0.4, 0.5) is 0 Å². The number of carbonyl (C=O) groups excluding carboxylic acids is 2. The van der Waals surface area contributed by atoms with Gasteiger partial charge in [0.15, 0.2) is 0 Å². The molecule has 2 heterocycles. The normalized spacial score (nSPS) is 23.5. The third-order valence-corrected chi connectivity index (χ3v) is 5.24. The molecule has 1 unspecified atom stereocenters. The molecule has 134 valence electrons. The minimum absolute atomic E-state index is 0.00601. The second kappa shape index (κ2) is 7.30. The Labute approximate surface area is 153 Å². The molecule has 1 N–H and O–H groups in total. The van der Waals surface area contributed by atoms with Crippen LogP contribution in [0.5, 0.6) is 0 Å². The first-order valence-electron chi connectivity index (χ1n) is 9.08. The van der Waals surface area contributed by atoms with Gasteiger partial charge in [0.1, 0.15) is 0 Å². The molecule has 2 saturated heterocycles. The number of hydrogen-bond donors (Lipinski definition) is 1. The van der Waals surface area contributed by atoms with Crippen LogP contribution in [0.25, 0.3) is 0 Å². The molecule has 5 nitrogen and oxygen atoms in total. The van der Waals surface area contributed by atoms with Crippen LogP contribution in [0.3, 0.4) is 0 Å². The lowest BCUT2D eigenvalue weighted by molar-refractivity contribution is -0.144. The molecule has 0 spiro atoms. The average molecular weight is 349 g/mol. The Hall–Kier alpha value is -2.66. The third-order valence-electron chi connectivity index (χ3n) is 5.24. The van der Waals surface area contributed by atoms with Gasteiger partial charge in [-0.15, -0.1) is 0 Å². The van der Waals surface area contributed by atoms with Crippen molar-refractivity contribution in [3.8, 4) is 0 Å². The maximum absolute atomic E-state index is 12.6. The summed E-state index contributed by atoms with van der Waals surface area (Å²) in [4.78, 5) is 28.7. The Morgan fingerprint density at radius 1 is 0.885 bits per heavy atom. The first-order valence-corrected chi connectivity index (χ1v) is 9.08. The molecule has 2 fully saturated rings. The minimum atomic E-state index is 0.00601.